The molecule has 112 valence electrons. The van der Waals surface area contributed by atoms with Gasteiger partial charge in [0.05, 0.1) is 5.56 Å². The Hall–Kier alpha value is -1.88. The Kier molecular flexibility index (Phi) is 4.20. The van der Waals surface area contributed by atoms with Crippen LogP contribution in [-0.4, -0.2) is 41.7 Å². The van der Waals surface area contributed by atoms with Crippen molar-refractivity contribution in [3.05, 3.63) is 30.1 Å². The molecule has 0 spiro atoms. The second kappa shape index (κ2) is 6.26. The van der Waals surface area contributed by atoms with Gasteiger partial charge < -0.3 is 14.7 Å². The van der Waals surface area contributed by atoms with Crippen LogP contribution in [0.3, 0.4) is 0 Å². The fraction of sp³-hybridized carbons (Fsp3) is 0.500. The lowest BCUT2D eigenvalue weighted by atomic mass is 9.97. The van der Waals surface area contributed by atoms with Crippen molar-refractivity contribution in [2.75, 3.05) is 32.0 Å². The van der Waals surface area contributed by atoms with Gasteiger partial charge in [-0.25, -0.2) is 0 Å². The normalized spacial score (nSPS) is 17.0. The van der Waals surface area contributed by atoms with Crippen LogP contribution in [0.25, 0.3) is 11.5 Å². The van der Waals surface area contributed by atoms with E-state index in [0.717, 1.165) is 23.7 Å². The van der Waals surface area contributed by atoms with Crippen LogP contribution in [0, 0.1) is 12.8 Å². The molecule has 0 radical (unpaired) electrons. The molecule has 5 nitrogen and oxygen atoms in total. The third-order valence-electron chi connectivity index (χ3n) is 4.10. The van der Waals surface area contributed by atoms with Crippen molar-refractivity contribution in [1.29, 1.82) is 0 Å². The first-order valence-electron chi connectivity index (χ1n) is 7.54. The van der Waals surface area contributed by atoms with E-state index in [4.69, 9.17) is 4.52 Å². The van der Waals surface area contributed by atoms with Gasteiger partial charge in [-0.2, -0.15) is 4.98 Å². The van der Waals surface area contributed by atoms with E-state index in [2.05, 4.69) is 33.5 Å². The average molecular weight is 286 g/mol. The third kappa shape index (κ3) is 3.42. The van der Waals surface area contributed by atoms with Gasteiger partial charge in [0, 0.05) is 12.2 Å². The number of nitrogens with one attached hydrogen (secondary N) is 1. The van der Waals surface area contributed by atoms with Crippen LogP contribution >= 0.6 is 0 Å². The Morgan fingerprint density at radius 2 is 2.05 bits per heavy atom. The molecule has 1 aliphatic heterocycles. The number of hydrogen-bond acceptors (Lipinski definition) is 5. The van der Waals surface area contributed by atoms with Crippen molar-refractivity contribution < 1.29 is 4.52 Å². The van der Waals surface area contributed by atoms with Gasteiger partial charge in [0.15, 0.2) is 5.82 Å². The van der Waals surface area contributed by atoms with Gasteiger partial charge in [-0.1, -0.05) is 17.3 Å². The quantitative estimate of drug-likeness (QED) is 0.936. The monoisotopic (exact) mass is 286 g/mol. The molecular formula is C16H22N4O. The summed E-state index contributed by atoms with van der Waals surface area (Å²) in [7, 11) is 2.19. The molecule has 1 fully saturated rings. The summed E-state index contributed by atoms with van der Waals surface area (Å²) in [5.74, 6) is 1.98. The van der Waals surface area contributed by atoms with E-state index in [-0.39, 0.29) is 0 Å². The van der Waals surface area contributed by atoms with Gasteiger partial charge in [-0.3, -0.25) is 0 Å². The van der Waals surface area contributed by atoms with Crippen LogP contribution < -0.4 is 5.32 Å². The largest absolute Gasteiger partial charge is 0.384 e. The molecule has 3 rings (SSSR count). The Bertz CT molecular complexity index is 587. The first-order valence-corrected chi connectivity index (χ1v) is 7.54. The minimum Gasteiger partial charge on any atom is -0.384 e. The maximum absolute atomic E-state index is 5.29. The zero-order chi connectivity index (χ0) is 14.7. The molecule has 0 aliphatic carbocycles. The SMILES string of the molecule is Cc1noc(-c2ccccc2NCC2CCN(C)CC2)n1. The van der Waals surface area contributed by atoms with E-state index in [1.54, 1.807) is 0 Å². The highest BCUT2D eigenvalue weighted by atomic mass is 16.5. The van der Waals surface area contributed by atoms with Crippen molar-refractivity contribution in [3.63, 3.8) is 0 Å². The molecule has 0 bridgehead atoms. The smallest absolute Gasteiger partial charge is 0.260 e. The fourth-order valence-electron chi connectivity index (χ4n) is 2.75. The molecule has 0 saturated carbocycles. The topological polar surface area (TPSA) is 54.2 Å². The molecular weight excluding hydrogens is 264 g/mol. The summed E-state index contributed by atoms with van der Waals surface area (Å²) < 4.78 is 5.29. The molecule has 0 amide bonds. The van der Waals surface area contributed by atoms with E-state index in [1.165, 1.54) is 25.9 Å². The molecule has 5 heteroatoms. The zero-order valence-corrected chi connectivity index (χ0v) is 12.7. The molecule has 1 aliphatic rings. The molecule has 1 aromatic heterocycles. The maximum atomic E-state index is 5.29. The van der Waals surface area contributed by atoms with Crippen LogP contribution in [0.2, 0.25) is 0 Å². The number of rotatable bonds is 4. The van der Waals surface area contributed by atoms with E-state index in [0.29, 0.717) is 11.7 Å². The number of anilines is 1. The lowest BCUT2D eigenvalue weighted by molar-refractivity contribution is 0.226. The molecule has 2 heterocycles. The predicted octanol–water partition coefficient (Wildman–Crippen LogP) is 2.80. The molecule has 0 atom stereocenters. The van der Waals surface area contributed by atoms with Gasteiger partial charge >= 0.3 is 0 Å². The molecule has 21 heavy (non-hydrogen) atoms. The van der Waals surface area contributed by atoms with Crippen LogP contribution in [0.1, 0.15) is 18.7 Å². The third-order valence-corrected chi connectivity index (χ3v) is 4.10. The highest BCUT2D eigenvalue weighted by Gasteiger charge is 2.17. The van der Waals surface area contributed by atoms with E-state index < -0.39 is 0 Å². The van der Waals surface area contributed by atoms with Gasteiger partial charge in [-0.05, 0) is 58.0 Å². The minimum absolute atomic E-state index is 0.582. The van der Waals surface area contributed by atoms with Gasteiger partial charge in [0.2, 0.25) is 0 Å². The Morgan fingerprint density at radius 3 is 2.76 bits per heavy atom. The molecule has 1 N–H and O–H groups in total. The second-order valence-electron chi connectivity index (χ2n) is 5.82. The van der Waals surface area contributed by atoms with Crippen molar-refractivity contribution in [2.45, 2.75) is 19.8 Å². The van der Waals surface area contributed by atoms with Crippen molar-refractivity contribution >= 4 is 5.69 Å². The van der Waals surface area contributed by atoms with Gasteiger partial charge in [0.1, 0.15) is 0 Å². The zero-order valence-electron chi connectivity index (χ0n) is 12.7. The highest BCUT2D eigenvalue weighted by Crippen LogP contribution is 2.27. The summed E-state index contributed by atoms with van der Waals surface area (Å²) in [6.45, 7) is 5.22. The first kappa shape index (κ1) is 14.1. The molecule has 2 aromatic rings. The number of hydrogen-bond donors (Lipinski definition) is 1. The number of benzene rings is 1. The highest BCUT2D eigenvalue weighted by molar-refractivity contribution is 5.72. The van der Waals surface area contributed by atoms with E-state index >= 15 is 0 Å². The summed E-state index contributed by atoms with van der Waals surface area (Å²) in [6.07, 6.45) is 2.51. The number of likely N-dealkylation sites (tertiary alicyclic amines) is 1. The predicted molar refractivity (Wildman–Crippen MR) is 83.2 cm³/mol. The number of piperidine rings is 1. The summed E-state index contributed by atoms with van der Waals surface area (Å²) in [6, 6.07) is 8.12. The standard InChI is InChI=1S/C16H22N4O/c1-12-18-16(21-19-12)14-5-3-4-6-15(14)17-11-13-7-9-20(2)10-8-13/h3-6,13,17H,7-11H2,1-2H3. The minimum atomic E-state index is 0.582. The lowest BCUT2D eigenvalue weighted by Gasteiger charge is -2.29. The molecule has 1 saturated heterocycles. The number of nitrogens with zero attached hydrogens (tertiary/aromatic N) is 3. The van der Waals surface area contributed by atoms with Crippen LogP contribution in [0.5, 0.6) is 0 Å². The van der Waals surface area contributed by atoms with Gasteiger partial charge in [-0.15, -0.1) is 0 Å². The Labute approximate surface area is 125 Å². The van der Waals surface area contributed by atoms with Crippen LogP contribution in [0.4, 0.5) is 5.69 Å². The Balaban J connectivity index is 1.68. The molecule has 1 aromatic carbocycles. The summed E-state index contributed by atoms with van der Waals surface area (Å²) >= 11 is 0. The van der Waals surface area contributed by atoms with E-state index in [1.807, 2.05) is 25.1 Å². The lowest BCUT2D eigenvalue weighted by Crippen LogP contribution is -2.33. The molecule has 0 unspecified atom stereocenters. The van der Waals surface area contributed by atoms with Crippen molar-refractivity contribution in [1.82, 2.24) is 15.0 Å². The number of aryl methyl sites for hydroxylation is 1. The van der Waals surface area contributed by atoms with Gasteiger partial charge in [0.25, 0.3) is 5.89 Å². The van der Waals surface area contributed by atoms with Crippen molar-refractivity contribution in [3.8, 4) is 11.5 Å². The fourth-order valence-corrected chi connectivity index (χ4v) is 2.75. The van der Waals surface area contributed by atoms with E-state index in [9.17, 15) is 0 Å². The first-order chi connectivity index (χ1) is 10.2. The Morgan fingerprint density at radius 1 is 1.29 bits per heavy atom. The maximum Gasteiger partial charge on any atom is 0.260 e. The van der Waals surface area contributed by atoms with Crippen LogP contribution in [0.15, 0.2) is 28.8 Å². The number of aromatic nitrogens is 2. The average Bonchev–Trinajstić information content (AvgIpc) is 2.93. The summed E-state index contributed by atoms with van der Waals surface area (Å²) in [5.41, 5.74) is 2.05. The van der Waals surface area contributed by atoms with Crippen molar-refractivity contribution in [2.24, 2.45) is 5.92 Å². The second-order valence-corrected chi connectivity index (χ2v) is 5.82. The summed E-state index contributed by atoms with van der Waals surface area (Å²) in [5, 5.41) is 7.43. The van der Waals surface area contributed by atoms with Crippen LogP contribution in [-0.2, 0) is 0 Å². The summed E-state index contributed by atoms with van der Waals surface area (Å²) in [4.78, 5) is 6.72. The number of para-hydroxylation sites is 1.